The largest absolute Gasteiger partial charge is 0.493 e. The Morgan fingerprint density at radius 3 is 3.11 bits per heavy atom. The van der Waals surface area contributed by atoms with Crippen LogP contribution in [0.15, 0.2) is 29.4 Å². The Morgan fingerprint density at radius 1 is 1.42 bits per heavy atom. The van der Waals surface area contributed by atoms with Gasteiger partial charge in [-0.25, -0.2) is 4.98 Å². The zero-order valence-corrected chi connectivity index (χ0v) is 11.9. The van der Waals surface area contributed by atoms with Crippen molar-refractivity contribution in [3.63, 3.8) is 0 Å². The Kier molecular flexibility index (Phi) is 3.94. The second kappa shape index (κ2) is 5.84. The molecule has 0 amide bonds. The number of benzene rings is 1. The van der Waals surface area contributed by atoms with Crippen molar-refractivity contribution in [1.29, 1.82) is 0 Å². The molecule has 6 heteroatoms. The van der Waals surface area contributed by atoms with Crippen molar-refractivity contribution in [2.45, 2.75) is 23.9 Å². The van der Waals surface area contributed by atoms with Gasteiger partial charge in [-0.05, 0) is 31.0 Å². The van der Waals surface area contributed by atoms with E-state index in [0.29, 0.717) is 17.5 Å². The van der Waals surface area contributed by atoms with Crippen molar-refractivity contribution in [3.8, 4) is 5.75 Å². The van der Waals surface area contributed by atoms with E-state index in [0.717, 1.165) is 22.5 Å². The van der Waals surface area contributed by atoms with E-state index in [2.05, 4.69) is 15.2 Å². The van der Waals surface area contributed by atoms with Gasteiger partial charge in [0.1, 0.15) is 11.6 Å². The minimum absolute atomic E-state index is 0.609. The lowest BCUT2D eigenvalue weighted by Gasteiger charge is -2.04. The predicted molar refractivity (Wildman–Crippen MR) is 76.0 cm³/mol. The maximum Gasteiger partial charge on any atom is 0.208 e. The lowest BCUT2D eigenvalue weighted by Crippen LogP contribution is -2.00. The smallest absolute Gasteiger partial charge is 0.208 e. The number of ether oxygens (including phenoxy) is 1. The minimum atomic E-state index is 0.609. The van der Waals surface area contributed by atoms with Gasteiger partial charge >= 0.3 is 0 Å². The zero-order chi connectivity index (χ0) is 13.1. The monoisotopic (exact) mass is 295 g/mol. The summed E-state index contributed by atoms with van der Waals surface area (Å²) >= 11 is 7.48. The maximum absolute atomic E-state index is 5.88. The van der Waals surface area contributed by atoms with Gasteiger partial charge in [-0.1, -0.05) is 29.4 Å². The average molecular weight is 296 g/mol. The normalized spacial score (nSPS) is 14.6. The molecule has 3 rings (SSSR count). The van der Waals surface area contributed by atoms with Crippen LogP contribution in [0.4, 0.5) is 0 Å². The van der Waals surface area contributed by atoms with Crippen LogP contribution in [0.1, 0.15) is 24.6 Å². The number of H-pyrrole nitrogens is 1. The van der Waals surface area contributed by atoms with Crippen LogP contribution in [-0.4, -0.2) is 27.5 Å². The molecule has 0 unspecified atom stereocenters. The van der Waals surface area contributed by atoms with Crippen LogP contribution in [0.3, 0.4) is 0 Å². The lowest BCUT2D eigenvalue weighted by molar-refractivity contribution is 0.344. The van der Waals surface area contributed by atoms with Crippen molar-refractivity contribution < 1.29 is 4.74 Å². The van der Waals surface area contributed by atoms with Crippen molar-refractivity contribution in [1.82, 2.24) is 15.2 Å². The number of halogens is 1. The van der Waals surface area contributed by atoms with E-state index in [1.807, 2.05) is 24.3 Å². The van der Waals surface area contributed by atoms with Gasteiger partial charge in [0.15, 0.2) is 0 Å². The summed E-state index contributed by atoms with van der Waals surface area (Å²) < 4.78 is 5.60. The van der Waals surface area contributed by atoms with E-state index in [-0.39, 0.29) is 0 Å². The van der Waals surface area contributed by atoms with Crippen LogP contribution < -0.4 is 4.74 Å². The summed E-state index contributed by atoms with van der Waals surface area (Å²) in [6.07, 6.45) is 2.47. The lowest BCUT2D eigenvalue weighted by atomic mass is 10.3. The molecule has 0 spiro atoms. The molecule has 1 heterocycles. The molecular weight excluding hydrogens is 282 g/mol. The molecular formula is C13H14ClN3OS. The topological polar surface area (TPSA) is 50.8 Å². The van der Waals surface area contributed by atoms with E-state index in [9.17, 15) is 0 Å². The molecule has 1 aromatic carbocycles. The maximum atomic E-state index is 5.88. The highest BCUT2D eigenvalue weighted by molar-refractivity contribution is 7.99. The van der Waals surface area contributed by atoms with Crippen molar-refractivity contribution >= 4 is 23.4 Å². The quantitative estimate of drug-likeness (QED) is 0.654. The Hall–Kier alpha value is -1.20. The number of thioether (sulfide) groups is 1. The zero-order valence-electron chi connectivity index (χ0n) is 10.3. The predicted octanol–water partition coefficient (Wildman–Crippen LogP) is 3.51. The summed E-state index contributed by atoms with van der Waals surface area (Å²) in [5.41, 5.74) is 0. The summed E-state index contributed by atoms with van der Waals surface area (Å²) in [6.45, 7) is 0.609. The molecule has 19 heavy (non-hydrogen) atoms. The van der Waals surface area contributed by atoms with Gasteiger partial charge < -0.3 is 4.74 Å². The molecule has 4 nitrogen and oxygen atoms in total. The van der Waals surface area contributed by atoms with Gasteiger partial charge in [0.25, 0.3) is 0 Å². The molecule has 1 aliphatic rings. The second-order valence-corrected chi connectivity index (χ2v) is 5.93. The highest BCUT2D eigenvalue weighted by atomic mass is 35.5. The van der Waals surface area contributed by atoms with Gasteiger partial charge in [-0.2, -0.15) is 0 Å². The van der Waals surface area contributed by atoms with Crippen LogP contribution >= 0.6 is 23.4 Å². The fraction of sp³-hybridized carbons (Fsp3) is 0.385. The average Bonchev–Trinajstić information content (AvgIpc) is 3.15. The first-order valence-corrected chi connectivity index (χ1v) is 7.61. The van der Waals surface area contributed by atoms with Crippen LogP contribution in [0, 0.1) is 0 Å². The standard InChI is InChI=1S/C13H14ClN3OS/c14-10-2-1-3-11(8-10)18-6-7-19-13-15-12(16-17-13)9-4-5-9/h1-3,8-9H,4-7H2,(H,15,16,17). The first kappa shape index (κ1) is 12.8. The van der Waals surface area contributed by atoms with Crippen LogP contribution in [-0.2, 0) is 0 Å². The summed E-state index contributed by atoms with van der Waals surface area (Å²) in [7, 11) is 0. The Morgan fingerprint density at radius 2 is 2.32 bits per heavy atom. The van der Waals surface area contributed by atoms with Gasteiger partial charge in [0.05, 0.1) is 6.61 Å². The van der Waals surface area contributed by atoms with Gasteiger partial charge in [-0.15, -0.1) is 5.10 Å². The molecule has 1 fully saturated rings. The number of hydrogen-bond acceptors (Lipinski definition) is 4. The molecule has 0 radical (unpaired) electrons. The van der Waals surface area contributed by atoms with E-state index in [1.54, 1.807) is 11.8 Å². The van der Waals surface area contributed by atoms with E-state index < -0.39 is 0 Å². The Bertz CT molecular complexity index is 556. The fourth-order valence-corrected chi connectivity index (χ4v) is 2.51. The molecule has 1 aliphatic carbocycles. The van der Waals surface area contributed by atoms with E-state index >= 15 is 0 Å². The summed E-state index contributed by atoms with van der Waals surface area (Å²) in [4.78, 5) is 4.45. The number of rotatable bonds is 6. The Balaban J connectivity index is 1.42. The van der Waals surface area contributed by atoms with Crippen LogP contribution in [0.5, 0.6) is 5.75 Å². The number of aromatic amines is 1. The van der Waals surface area contributed by atoms with Crippen molar-refractivity contribution in [3.05, 3.63) is 35.1 Å². The van der Waals surface area contributed by atoms with Crippen molar-refractivity contribution in [2.24, 2.45) is 0 Å². The Labute approximate surface area is 120 Å². The van der Waals surface area contributed by atoms with E-state index in [4.69, 9.17) is 16.3 Å². The summed E-state index contributed by atoms with van der Waals surface area (Å²) in [6, 6.07) is 7.41. The van der Waals surface area contributed by atoms with Crippen molar-refractivity contribution in [2.75, 3.05) is 12.4 Å². The molecule has 1 aromatic heterocycles. The molecule has 0 bridgehead atoms. The number of nitrogens with zero attached hydrogens (tertiary/aromatic N) is 2. The third-order valence-electron chi connectivity index (χ3n) is 2.83. The van der Waals surface area contributed by atoms with Gasteiger partial charge in [0, 0.05) is 16.7 Å². The van der Waals surface area contributed by atoms with Gasteiger partial charge in [0.2, 0.25) is 5.16 Å². The highest BCUT2D eigenvalue weighted by Gasteiger charge is 2.27. The first-order chi connectivity index (χ1) is 9.31. The molecule has 0 aliphatic heterocycles. The summed E-state index contributed by atoms with van der Waals surface area (Å²) in [5, 5.41) is 8.67. The molecule has 1 N–H and O–H groups in total. The van der Waals surface area contributed by atoms with Gasteiger partial charge in [-0.3, -0.25) is 5.10 Å². The number of nitrogens with one attached hydrogen (secondary N) is 1. The molecule has 2 aromatic rings. The molecule has 100 valence electrons. The number of aromatic nitrogens is 3. The molecule has 1 saturated carbocycles. The van der Waals surface area contributed by atoms with Crippen LogP contribution in [0.25, 0.3) is 0 Å². The SMILES string of the molecule is Clc1cccc(OCCSc2n[nH]c(C3CC3)n2)c1. The third kappa shape index (κ3) is 3.64. The third-order valence-corrected chi connectivity index (χ3v) is 3.87. The highest BCUT2D eigenvalue weighted by Crippen LogP contribution is 2.38. The first-order valence-electron chi connectivity index (χ1n) is 6.25. The second-order valence-electron chi connectivity index (χ2n) is 4.43. The minimum Gasteiger partial charge on any atom is -0.493 e. The fourth-order valence-electron chi connectivity index (χ4n) is 1.71. The number of hydrogen-bond donors (Lipinski definition) is 1. The van der Waals surface area contributed by atoms with E-state index in [1.165, 1.54) is 12.8 Å². The van der Waals surface area contributed by atoms with Crippen LogP contribution in [0.2, 0.25) is 5.02 Å². The molecule has 0 saturated heterocycles. The summed E-state index contributed by atoms with van der Waals surface area (Å²) in [5.74, 6) is 3.25. The molecule has 0 atom stereocenters.